The molecule has 0 unspecified atom stereocenters. The van der Waals surface area contributed by atoms with E-state index < -0.39 is 0 Å². The zero-order chi connectivity index (χ0) is 17.6. The van der Waals surface area contributed by atoms with Gasteiger partial charge < -0.3 is 9.64 Å². The molecule has 1 heterocycles. The van der Waals surface area contributed by atoms with E-state index in [1.54, 1.807) is 24.1 Å². The summed E-state index contributed by atoms with van der Waals surface area (Å²) in [6.45, 7) is 4.61. The highest BCUT2D eigenvalue weighted by molar-refractivity contribution is 5.94. The molecule has 126 valence electrons. The second-order valence-electron chi connectivity index (χ2n) is 5.79. The van der Waals surface area contributed by atoms with Crippen LogP contribution in [0.2, 0.25) is 0 Å². The predicted molar refractivity (Wildman–Crippen MR) is 99.7 cm³/mol. The van der Waals surface area contributed by atoms with Crippen LogP contribution in [0.5, 0.6) is 5.75 Å². The topological polar surface area (TPSA) is 42.4 Å². The summed E-state index contributed by atoms with van der Waals surface area (Å²) in [6.07, 6.45) is 1.71. The lowest BCUT2D eigenvalue weighted by atomic mass is 10.2. The number of pyridine rings is 1. The summed E-state index contributed by atoms with van der Waals surface area (Å²) in [7, 11) is 1.78. The lowest BCUT2D eigenvalue weighted by molar-refractivity contribution is 0.0779. The van der Waals surface area contributed by atoms with Crippen molar-refractivity contribution in [2.75, 3.05) is 13.7 Å². The van der Waals surface area contributed by atoms with E-state index in [-0.39, 0.29) is 5.91 Å². The van der Waals surface area contributed by atoms with Crippen molar-refractivity contribution in [2.24, 2.45) is 0 Å². The highest BCUT2D eigenvalue weighted by Gasteiger charge is 2.14. The van der Waals surface area contributed by atoms with Gasteiger partial charge in [0.05, 0.1) is 5.52 Å². The highest BCUT2D eigenvalue weighted by atomic mass is 16.5. The number of fused-ring (bicyclic) bond motifs is 1. The van der Waals surface area contributed by atoms with Gasteiger partial charge in [0.25, 0.3) is 5.91 Å². The number of benzene rings is 2. The average Bonchev–Trinajstić information content (AvgIpc) is 2.66. The summed E-state index contributed by atoms with van der Waals surface area (Å²) in [5.41, 5.74) is 2.31. The fourth-order valence-corrected chi connectivity index (χ4v) is 2.57. The molecule has 0 saturated heterocycles. The first kappa shape index (κ1) is 16.7. The number of ether oxygens (including phenoxy) is 1. The first-order valence-electron chi connectivity index (χ1n) is 8.11. The fourth-order valence-electron chi connectivity index (χ4n) is 2.57. The van der Waals surface area contributed by atoms with E-state index in [1.165, 1.54) is 0 Å². The summed E-state index contributed by atoms with van der Waals surface area (Å²) in [6, 6.07) is 19.2. The Balaban J connectivity index is 1.69. The van der Waals surface area contributed by atoms with Crippen LogP contribution in [0.25, 0.3) is 10.9 Å². The van der Waals surface area contributed by atoms with Gasteiger partial charge in [0.1, 0.15) is 18.1 Å². The molecule has 2 aromatic carbocycles. The molecule has 0 atom stereocenters. The third-order valence-corrected chi connectivity index (χ3v) is 3.88. The van der Waals surface area contributed by atoms with E-state index in [4.69, 9.17) is 4.74 Å². The van der Waals surface area contributed by atoms with Gasteiger partial charge in [-0.1, -0.05) is 49.1 Å². The molecule has 0 bridgehead atoms. The minimum atomic E-state index is -0.0993. The van der Waals surface area contributed by atoms with E-state index in [0.29, 0.717) is 18.8 Å². The molecule has 0 radical (unpaired) electrons. The molecule has 0 aliphatic heterocycles. The van der Waals surface area contributed by atoms with E-state index in [9.17, 15) is 4.79 Å². The Morgan fingerprint density at radius 3 is 2.64 bits per heavy atom. The monoisotopic (exact) mass is 332 g/mol. The fraction of sp³-hybridized carbons (Fsp3) is 0.143. The minimum Gasteiger partial charge on any atom is -0.490 e. The molecule has 0 fully saturated rings. The number of hydrogen-bond acceptors (Lipinski definition) is 3. The molecule has 0 spiro atoms. The van der Waals surface area contributed by atoms with E-state index in [0.717, 1.165) is 22.2 Å². The summed E-state index contributed by atoms with van der Waals surface area (Å²) < 4.78 is 5.46. The van der Waals surface area contributed by atoms with Gasteiger partial charge in [-0.25, -0.2) is 4.98 Å². The molecule has 4 nitrogen and oxygen atoms in total. The maximum Gasteiger partial charge on any atom is 0.272 e. The molecule has 0 aliphatic rings. The second kappa shape index (κ2) is 7.62. The maximum absolute atomic E-state index is 12.6. The zero-order valence-electron chi connectivity index (χ0n) is 14.2. The van der Waals surface area contributed by atoms with Gasteiger partial charge in [0.15, 0.2) is 0 Å². The Morgan fingerprint density at radius 1 is 1.12 bits per heavy atom. The molecule has 0 aliphatic carbocycles. The largest absolute Gasteiger partial charge is 0.490 e. The van der Waals surface area contributed by atoms with Crippen molar-refractivity contribution in [3.63, 3.8) is 0 Å². The number of nitrogens with zero attached hydrogens (tertiary/aromatic N) is 2. The van der Waals surface area contributed by atoms with Crippen LogP contribution >= 0.6 is 0 Å². The first-order chi connectivity index (χ1) is 12.2. The Bertz CT molecular complexity index is 888. The van der Waals surface area contributed by atoms with Crippen molar-refractivity contribution in [3.8, 4) is 5.75 Å². The summed E-state index contributed by atoms with van der Waals surface area (Å²) in [5.74, 6) is 0.687. The van der Waals surface area contributed by atoms with Crippen LogP contribution in [0.15, 0.2) is 73.3 Å². The van der Waals surface area contributed by atoms with Crippen LogP contribution in [-0.4, -0.2) is 29.4 Å². The normalized spacial score (nSPS) is 10.4. The third-order valence-electron chi connectivity index (χ3n) is 3.88. The van der Waals surface area contributed by atoms with Crippen LogP contribution in [0, 0.1) is 0 Å². The Labute approximate surface area is 147 Å². The quantitative estimate of drug-likeness (QED) is 0.639. The maximum atomic E-state index is 12.6. The molecule has 4 heteroatoms. The number of hydrogen-bond donors (Lipinski definition) is 0. The second-order valence-corrected chi connectivity index (χ2v) is 5.79. The summed E-state index contributed by atoms with van der Waals surface area (Å²) in [4.78, 5) is 18.8. The van der Waals surface area contributed by atoms with E-state index >= 15 is 0 Å². The Morgan fingerprint density at radius 2 is 1.88 bits per heavy atom. The van der Waals surface area contributed by atoms with Gasteiger partial charge in [-0.3, -0.25) is 4.79 Å². The SMILES string of the molecule is C=CCOc1ccc(CN(C)C(=O)c2ccc3ccccc3n2)cc1. The lowest BCUT2D eigenvalue weighted by Crippen LogP contribution is -2.27. The number of carbonyl (C=O) groups is 1. The average molecular weight is 332 g/mol. The van der Waals surface area contributed by atoms with Crippen LogP contribution in [-0.2, 0) is 6.54 Å². The van der Waals surface area contributed by atoms with E-state index in [1.807, 2.05) is 54.6 Å². The van der Waals surface area contributed by atoms with Gasteiger partial charge in [-0.2, -0.15) is 0 Å². The van der Waals surface area contributed by atoms with Crippen LogP contribution in [0.4, 0.5) is 0 Å². The molecule has 1 amide bonds. The van der Waals surface area contributed by atoms with Crippen molar-refractivity contribution in [3.05, 3.63) is 84.6 Å². The Kier molecular flexibility index (Phi) is 5.09. The molecule has 0 N–H and O–H groups in total. The summed E-state index contributed by atoms with van der Waals surface area (Å²) in [5, 5.41) is 1.02. The molecule has 0 saturated carbocycles. The Hall–Kier alpha value is -3.14. The van der Waals surface area contributed by atoms with Crippen molar-refractivity contribution < 1.29 is 9.53 Å². The first-order valence-corrected chi connectivity index (χ1v) is 8.11. The lowest BCUT2D eigenvalue weighted by Gasteiger charge is -2.17. The van der Waals surface area contributed by atoms with Gasteiger partial charge >= 0.3 is 0 Å². The van der Waals surface area contributed by atoms with Gasteiger partial charge in [-0.15, -0.1) is 0 Å². The summed E-state index contributed by atoms with van der Waals surface area (Å²) >= 11 is 0. The van der Waals surface area contributed by atoms with Crippen molar-refractivity contribution >= 4 is 16.8 Å². The van der Waals surface area contributed by atoms with E-state index in [2.05, 4.69) is 11.6 Å². The van der Waals surface area contributed by atoms with Crippen molar-refractivity contribution in [2.45, 2.75) is 6.54 Å². The van der Waals surface area contributed by atoms with Gasteiger partial charge in [-0.05, 0) is 29.8 Å². The zero-order valence-corrected chi connectivity index (χ0v) is 14.2. The molecular weight excluding hydrogens is 312 g/mol. The molecule has 3 aromatic rings. The van der Waals surface area contributed by atoms with Crippen molar-refractivity contribution in [1.82, 2.24) is 9.88 Å². The number of aromatic nitrogens is 1. The molecular formula is C21H20N2O2. The standard InChI is InChI=1S/C21H20N2O2/c1-3-14-25-18-11-8-16(9-12-18)15-23(2)21(24)20-13-10-17-6-4-5-7-19(17)22-20/h3-13H,1,14-15H2,2H3. The number of carbonyl (C=O) groups excluding carboxylic acids is 1. The van der Waals surface area contributed by atoms with Gasteiger partial charge in [0, 0.05) is 19.0 Å². The number of amides is 1. The van der Waals surface area contributed by atoms with Crippen LogP contribution < -0.4 is 4.74 Å². The molecule has 3 rings (SSSR count). The molecule has 1 aromatic heterocycles. The predicted octanol–water partition coefficient (Wildman–Crippen LogP) is 4.07. The van der Waals surface area contributed by atoms with Gasteiger partial charge in [0.2, 0.25) is 0 Å². The minimum absolute atomic E-state index is 0.0993. The number of rotatable bonds is 6. The van der Waals surface area contributed by atoms with Crippen molar-refractivity contribution in [1.29, 1.82) is 0 Å². The van der Waals surface area contributed by atoms with Crippen LogP contribution in [0.1, 0.15) is 16.1 Å². The third kappa shape index (κ3) is 4.04. The number of para-hydroxylation sites is 1. The molecule has 25 heavy (non-hydrogen) atoms. The van der Waals surface area contributed by atoms with Crippen LogP contribution in [0.3, 0.4) is 0 Å². The smallest absolute Gasteiger partial charge is 0.272 e. The highest BCUT2D eigenvalue weighted by Crippen LogP contribution is 2.16.